The maximum atomic E-state index is 12.6. The summed E-state index contributed by atoms with van der Waals surface area (Å²) in [6.45, 7) is 2.28. The van der Waals surface area contributed by atoms with Gasteiger partial charge in [-0.25, -0.2) is 4.98 Å². The van der Waals surface area contributed by atoms with Crippen LogP contribution in [-0.4, -0.2) is 24.7 Å². The van der Waals surface area contributed by atoms with Gasteiger partial charge in [0.15, 0.2) is 0 Å². The predicted octanol–water partition coefficient (Wildman–Crippen LogP) is 3.20. The Morgan fingerprint density at radius 2 is 2.15 bits per heavy atom. The summed E-state index contributed by atoms with van der Waals surface area (Å²) < 4.78 is 42.9. The first-order valence-electron chi connectivity index (χ1n) is 6.16. The van der Waals surface area contributed by atoms with Crippen molar-refractivity contribution in [1.29, 1.82) is 5.26 Å². The van der Waals surface area contributed by atoms with Crippen LogP contribution in [0.3, 0.4) is 0 Å². The van der Waals surface area contributed by atoms with Crippen LogP contribution < -0.4 is 5.32 Å². The number of nitrogens with one attached hydrogen (secondary N) is 1. The van der Waals surface area contributed by atoms with Crippen molar-refractivity contribution in [3.05, 3.63) is 23.4 Å². The molecule has 1 aromatic heterocycles. The minimum atomic E-state index is -4.54. The number of hydrogen-bond acceptors (Lipinski definition) is 4. The smallest absolute Gasteiger partial charge is 0.383 e. The molecule has 0 aliphatic carbocycles. The highest BCUT2D eigenvalue weighted by Crippen LogP contribution is 2.29. The highest BCUT2D eigenvalue weighted by Gasteiger charge is 2.33. The van der Waals surface area contributed by atoms with E-state index >= 15 is 0 Å². The van der Waals surface area contributed by atoms with Gasteiger partial charge in [-0.3, -0.25) is 0 Å². The molecule has 0 aliphatic heterocycles. The van der Waals surface area contributed by atoms with Crippen molar-refractivity contribution in [3.8, 4) is 6.07 Å². The lowest BCUT2D eigenvalue weighted by Crippen LogP contribution is -2.26. The molecule has 0 aliphatic rings. The van der Waals surface area contributed by atoms with E-state index in [1.807, 2.05) is 13.0 Å². The van der Waals surface area contributed by atoms with Gasteiger partial charge in [0, 0.05) is 7.11 Å². The van der Waals surface area contributed by atoms with E-state index in [0.717, 1.165) is 18.6 Å². The van der Waals surface area contributed by atoms with Crippen LogP contribution in [0, 0.1) is 11.3 Å². The molecular weight excluding hydrogens is 271 g/mol. The second kappa shape index (κ2) is 7.10. The average Bonchev–Trinajstić information content (AvgIpc) is 2.38. The fourth-order valence-electron chi connectivity index (χ4n) is 1.76. The second-order valence-electron chi connectivity index (χ2n) is 4.29. The van der Waals surface area contributed by atoms with Gasteiger partial charge in [0.1, 0.15) is 17.6 Å². The lowest BCUT2D eigenvalue weighted by Gasteiger charge is -2.19. The molecule has 0 spiro atoms. The quantitative estimate of drug-likeness (QED) is 0.873. The molecule has 1 rings (SSSR count). The van der Waals surface area contributed by atoms with Crippen molar-refractivity contribution in [2.24, 2.45) is 0 Å². The molecule has 0 amide bonds. The zero-order valence-electron chi connectivity index (χ0n) is 11.3. The third kappa shape index (κ3) is 4.38. The highest BCUT2D eigenvalue weighted by atomic mass is 19.4. The van der Waals surface area contributed by atoms with E-state index in [4.69, 9.17) is 10.00 Å². The average molecular weight is 287 g/mol. The Balaban J connectivity index is 3.04. The van der Waals surface area contributed by atoms with Gasteiger partial charge in [0.2, 0.25) is 0 Å². The third-order valence-corrected chi connectivity index (χ3v) is 2.65. The summed E-state index contributed by atoms with van der Waals surface area (Å²) in [5.41, 5.74) is -0.943. The van der Waals surface area contributed by atoms with Gasteiger partial charge >= 0.3 is 6.18 Å². The maximum Gasteiger partial charge on any atom is 0.433 e. The molecule has 0 saturated carbocycles. The van der Waals surface area contributed by atoms with E-state index in [1.54, 1.807) is 0 Å². The van der Waals surface area contributed by atoms with E-state index in [9.17, 15) is 13.2 Å². The van der Waals surface area contributed by atoms with Gasteiger partial charge < -0.3 is 10.1 Å². The molecule has 4 nitrogen and oxygen atoms in total. The van der Waals surface area contributed by atoms with Gasteiger partial charge in [-0.15, -0.1) is 0 Å². The molecule has 7 heteroatoms. The molecule has 1 atom stereocenters. The zero-order valence-corrected chi connectivity index (χ0v) is 11.3. The lowest BCUT2D eigenvalue weighted by atomic mass is 10.1. The number of rotatable bonds is 6. The van der Waals surface area contributed by atoms with Crippen LogP contribution in [0.5, 0.6) is 0 Å². The molecule has 1 aromatic rings. The summed E-state index contributed by atoms with van der Waals surface area (Å²) in [6.07, 6.45) is -3.00. The van der Waals surface area contributed by atoms with E-state index in [2.05, 4.69) is 10.3 Å². The first kappa shape index (κ1) is 16.2. The number of ether oxygens (including phenoxy) is 1. The van der Waals surface area contributed by atoms with Crippen molar-refractivity contribution < 1.29 is 17.9 Å². The van der Waals surface area contributed by atoms with Crippen molar-refractivity contribution in [2.75, 3.05) is 19.0 Å². The van der Waals surface area contributed by atoms with Crippen molar-refractivity contribution in [2.45, 2.75) is 32.0 Å². The van der Waals surface area contributed by atoms with Crippen molar-refractivity contribution in [1.82, 2.24) is 4.98 Å². The largest absolute Gasteiger partial charge is 0.433 e. The van der Waals surface area contributed by atoms with Crippen LogP contribution in [0.15, 0.2) is 12.1 Å². The van der Waals surface area contributed by atoms with Crippen LogP contribution in [0.25, 0.3) is 0 Å². The standard InChI is InChI=1S/C13H16F3N3O/c1-3-4-10(8-20-2)18-12-9(7-17)5-6-11(19-12)13(14,15)16/h5-6,10H,3-4,8H2,1-2H3,(H,18,19). The van der Waals surface area contributed by atoms with Crippen LogP contribution in [0.1, 0.15) is 31.0 Å². The van der Waals surface area contributed by atoms with Gasteiger partial charge in [-0.1, -0.05) is 13.3 Å². The van der Waals surface area contributed by atoms with E-state index in [0.29, 0.717) is 13.0 Å². The molecular formula is C13H16F3N3O. The summed E-state index contributed by atoms with van der Waals surface area (Å²) in [4.78, 5) is 3.50. The number of nitrogens with zero attached hydrogens (tertiary/aromatic N) is 2. The number of anilines is 1. The molecule has 110 valence electrons. The molecule has 0 saturated heterocycles. The molecule has 1 unspecified atom stereocenters. The second-order valence-corrected chi connectivity index (χ2v) is 4.29. The Hall–Kier alpha value is -1.81. The Labute approximate surface area is 115 Å². The lowest BCUT2D eigenvalue weighted by molar-refractivity contribution is -0.141. The van der Waals surface area contributed by atoms with Gasteiger partial charge in [0.25, 0.3) is 0 Å². The molecule has 0 radical (unpaired) electrons. The van der Waals surface area contributed by atoms with Gasteiger partial charge in [0.05, 0.1) is 18.2 Å². The van der Waals surface area contributed by atoms with Gasteiger partial charge in [-0.05, 0) is 18.6 Å². The maximum absolute atomic E-state index is 12.6. The van der Waals surface area contributed by atoms with Gasteiger partial charge in [-0.2, -0.15) is 18.4 Å². The number of hydrogen-bond donors (Lipinski definition) is 1. The summed E-state index contributed by atoms with van der Waals surface area (Å²) in [6, 6.07) is 3.56. The Bertz CT molecular complexity index is 477. The molecule has 0 aromatic carbocycles. The Morgan fingerprint density at radius 3 is 2.65 bits per heavy atom. The fraction of sp³-hybridized carbons (Fsp3) is 0.538. The van der Waals surface area contributed by atoms with Crippen LogP contribution in [-0.2, 0) is 10.9 Å². The van der Waals surface area contributed by atoms with E-state index in [1.165, 1.54) is 7.11 Å². The number of nitriles is 1. The molecule has 0 fully saturated rings. The summed E-state index contributed by atoms with van der Waals surface area (Å²) in [7, 11) is 1.51. The molecule has 1 N–H and O–H groups in total. The van der Waals surface area contributed by atoms with Crippen LogP contribution in [0.4, 0.5) is 19.0 Å². The first-order chi connectivity index (χ1) is 9.42. The zero-order chi connectivity index (χ0) is 15.2. The SMILES string of the molecule is CCCC(COC)Nc1nc(C(F)(F)F)ccc1C#N. The van der Waals surface area contributed by atoms with Crippen LogP contribution >= 0.6 is 0 Å². The molecule has 20 heavy (non-hydrogen) atoms. The normalized spacial score (nSPS) is 12.8. The van der Waals surface area contributed by atoms with Crippen molar-refractivity contribution in [3.63, 3.8) is 0 Å². The minimum Gasteiger partial charge on any atom is -0.383 e. The fourth-order valence-corrected chi connectivity index (χ4v) is 1.76. The number of halogens is 3. The highest BCUT2D eigenvalue weighted by molar-refractivity contribution is 5.53. The number of methoxy groups -OCH3 is 1. The predicted molar refractivity (Wildman–Crippen MR) is 68.1 cm³/mol. The van der Waals surface area contributed by atoms with Crippen LogP contribution in [0.2, 0.25) is 0 Å². The Kier molecular flexibility index (Phi) is 5.77. The number of pyridine rings is 1. The summed E-state index contributed by atoms with van der Waals surface area (Å²) >= 11 is 0. The summed E-state index contributed by atoms with van der Waals surface area (Å²) in [5, 5.41) is 11.8. The monoisotopic (exact) mass is 287 g/mol. The van der Waals surface area contributed by atoms with Crippen molar-refractivity contribution >= 4 is 5.82 Å². The topological polar surface area (TPSA) is 57.9 Å². The molecule has 0 bridgehead atoms. The Morgan fingerprint density at radius 1 is 1.45 bits per heavy atom. The number of aromatic nitrogens is 1. The first-order valence-corrected chi connectivity index (χ1v) is 6.16. The van der Waals surface area contributed by atoms with E-state index in [-0.39, 0.29) is 17.4 Å². The molecule has 1 heterocycles. The van der Waals surface area contributed by atoms with E-state index < -0.39 is 11.9 Å². The summed E-state index contributed by atoms with van der Waals surface area (Å²) in [5.74, 6) is -0.0576. The third-order valence-electron chi connectivity index (χ3n) is 2.65. The minimum absolute atomic E-state index is 0.0576. The number of alkyl halides is 3.